The second-order valence-electron chi connectivity index (χ2n) is 5.90. The number of aromatic nitrogens is 1. The molecule has 1 aliphatic carbocycles. The fourth-order valence-corrected chi connectivity index (χ4v) is 2.55. The number of amides is 1. The Morgan fingerprint density at radius 3 is 2.62 bits per heavy atom. The Hall–Kier alpha value is -2.23. The Balaban J connectivity index is 1.75. The van der Waals surface area contributed by atoms with E-state index in [-0.39, 0.29) is 11.9 Å². The maximum atomic E-state index is 12.5. The molecule has 1 unspecified atom stereocenters. The van der Waals surface area contributed by atoms with Gasteiger partial charge in [0.05, 0.1) is 11.7 Å². The van der Waals surface area contributed by atoms with Gasteiger partial charge in [-0.15, -0.1) is 0 Å². The first kappa shape index (κ1) is 13.7. The van der Waals surface area contributed by atoms with Crippen molar-refractivity contribution in [2.24, 2.45) is 0 Å². The van der Waals surface area contributed by atoms with E-state index in [0.717, 1.165) is 18.4 Å². The molecule has 1 amide bonds. The average molecular weight is 283 g/mol. The number of nitrogens with zero attached hydrogens (tertiary/aromatic N) is 1. The van der Waals surface area contributed by atoms with E-state index in [4.69, 9.17) is 5.73 Å². The van der Waals surface area contributed by atoms with Crippen molar-refractivity contribution >= 4 is 11.6 Å². The minimum absolute atomic E-state index is 0.0260. The Morgan fingerprint density at radius 1 is 1.33 bits per heavy atom. The van der Waals surface area contributed by atoms with Gasteiger partial charge in [-0.25, -0.2) is 0 Å². The maximum absolute atomic E-state index is 12.5. The van der Waals surface area contributed by atoms with E-state index in [1.807, 2.05) is 17.7 Å². The molecule has 1 saturated carbocycles. The van der Waals surface area contributed by atoms with Crippen LogP contribution in [0.25, 0.3) is 0 Å². The number of benzene rings is 1. The van der Waals surface area contributed by atoms with Gasteiger partial charge < -0.3 is 15.6 Å². The number of carbonyl (C=O) groups excluding carboxylic acids is 1. The highest BCUT2D eigenvalue weighted by Gasteiger charge is 2.28. The third kappa shape index (κ3) is 2.94. The van der Waals surface area contributed by atoms with Crippen LogP contribution in [0.5, 0.6) is 0 Å². The lowest BCUT2D eigenvalue weighted by Gasteiger charge is -2.15. The van der Waals surface area contributed by atoms with Crippen molar-refractivity contribution in [1.82, 2.24) is 9.88 Å². The second kappa shape index (κ2) is 5.28. The summed E-state index contributed by atoms with van der Waals surface area (Å²) in [5.41, 5.74) is 9.47. The Bertz CT molecular complexity index is 653. The molecule has 0 bridgehead atoms. The van der Waals surface area contributed by atoms with Gasteiger partial charge in [0.15, 0.2) is 0 Å². The molecule has 3 N–H and O–H groups in total. The summed E-state index contributed by atoms with van der Waals surface area (Å²) in [4.78, 5) is 12.5. The van der Waals surface area contributed by atoms with Gasteiger partial charge in [-0.1, -0.05) is 29.8 Å². The number of hydrogen-bond donors (Lipinski definition) is 2. The zero-order valence-corrected chi connectivity index (χ0v) is 12.5. The first-order chi connectivity index (χ1) is 10.0. The molecule has 4 nitrogen and oxygen atoms in total. The van der Waals surface area contributed by atoms with Crippen LogP contribution in [0.1, 0.15) is 53.5 Å². The summed E-state index contributed by atoms with van der Waals surface area (Å²) < 4.78 is 2.01. The van der Waals surface area contributed by atoms with Gasteiger partial charge in [-0.3, -0.25) is 4.79 Å². The van der Waals surface area contributed by atoms with Crippen molar-refractivity contribution in [1.29, 1.82) is 0 Å². The summed E-state index contributed by atoms with van der Waals surface area (Å²) in [6.07, 6.45) is 4.12. The number of anilines is 1. The minimum Gasteiger partial charge on any atom is -0.397 e. The molecule has 21 heavy (non-hydrogen) atoms. The second-order valence-corrected chi connectivity index (χ2v) is 5.90. The molecule has 1 atom stereocenters. The molecular formula is C17H21N3O. The molecule has 0 radical (unpaired) electrons. The van der Waals surface area contributed by atoms with Crippen LogP contribution in [0, 0.1) is 6.92 Å². The first-order valence-electron chi connectivity index (χ1n) is 7.39. The summed E-state index contributed by atoms with van der Waals surface area (Å²) in [6.45, 7) is 4.05. The number of hydrogen-bond acceptors (Lipinski definition) is 2. The molecule has 1 aliphatic rings. The molecule has 3 rings (SSSR count). The van der Waals surface area contributed by atoms with E-state index in [1.165, 1.54) is 5.56 Å². The standard InChI is InChI=1S/C17H21N3O/c1-11-3-5-13(6-4-11)12(2)19-17(21)16-9-14(18)10-20(16)15-7-8-15/h3-6,9-10,12,15H,7-8,18H2,1-2H3,(H,19,21). The van der Waals surface area contributed by atoms with Crippen molar-refractivity contribution in [3.05, 3.63) is 53.3 Å². The summed E-state index contributed by atoms with van der Waals surface area (Å²) in [7, 11) is 0. The number of rotatable bonds is 4. The smallest absolute Gasteiger partial charge is 0.268 e. The molecule has 4 heteroatoms. The lowest BCUT2D eigenvalue weighted by Crippen LogP contribution is -2.28. The third-order valence-corrected chi connectivity index (χ3v) is 3.97. The fourth-order valence-electron chi connectivity index (χ4n) is 2.55. The monoisotopic (exact) mass is 283 g/mol. The minimum atomic E-state index is -0.0633. The van der Waals surface area contributed by atoms with Gasteiger partial charge in [-0.2, -0.15) is 0 Å². The van der Waals surface area contributed by atoms with Crippen molar-refractivity contribution in [2.75, 3.05) is 5.73 Å². The van der Waals surface area contributed by atoms with Crippen LogP contribution < -0.4 is 11.1 Å². The van der Waals surface area contributed by atoms with Crippen LogP contribution in [-0.4, -0.2) is 10.5 Å². The van der Waals surface area contributed by atoms with Crippen LogP contribution in [-0.2, 0) is 0 Å². The number of nitrogen functional groups attached to an aromatic ring is 1. The SMILES string of the molecule is Cc1ccc(C(C)NC(=O)c2cc(N)cn2C2CC2)cc1. The van der Waals surface area contributed by atoms with Gasteiger partial charge in [0.2, 0.25) is 0 Å². The zero-order valence-electron chi connectivity index (χ0n) is 12.5. The zero-order chi connectivity index (χ0) is 15.0. The molecule has 0 saturated heterocycles. The molecule has 1 fully saturated rings. The van der Waals surface area contributed by atoms with Crippen LogP contribution >= 0.6 is 0 Å². The molecular weight excluding hydrogens is 262 g/mol. The number of aryl methyl sites for hydroxylation is 1. The highest BCUT2D eigenvalue weighted by molar-refractivity contribution is 5.94. The number of carbonyl (C=O) groups is 1. The summed E-state index contributed by atoms with van der Waals surface area (Å²) in [5, 5.41) is 3.05. The summed E-state index contributed by atoms with van der Waals surface area (Å²) >= 11 is 0. The van der Waals surface area contributed by atoms with Crippen LogP contribution in [0.3, 0.4) is 0 Å². The largest absolute Gasteiger partial charge is 0.397 e. The highest BCUT2D eigenvalue weighted by Crippen LogP contribution is 2.37. The van der Waals surface area contributed by atoms with E-state index in [0.29, 0.717) is 17.4 Å². The lowest BCUT2D eigenvalue weighted by molar-refractivity contribution is 0.0930. The molecule has 0 aliphatic heterocycles. The van der Waals surface area contributed by atoms with Gasteiger partial charge in [0.25, 0.3) is 5.91 Å². The van der Waals surface area contributed by atoms with E-state index in [1.54, 1.807) is 6.07 Å². The van der Waals surface area contributed by atoms with E-state index in [2.05, 4.69) is 36.5 Å². The van der Waals surface area contributed by atoms with Gasteiger partial charge in [0.1, 0.15) is 5.69 Å². The predicted molar refractivity (Wildman–Crippen MR) is 84.2 cm³/mol. The normalized spacial score (nSPS) is 15.7. The van der Waals surface area contributed by atoms with Gasteiger partial charge in [0, 0.05) is 12.2 Å². The molecule has 110 valence electrons. The Labute approximate surface area is 125 Å². The van der Waals surface area contributed by atoms with Crippen LogP contribution in [0.2, 0.25) is 0 Å². The number of nitrogens with one attached hydrogen (secondary N) is 1. The van der Waals surface area contributed by atoms with Crippen LogP contribution in [0.15, 0.2) is 36.5 Å². The van der Waals surface area contributed by atoms with Crippen LogP contribution in [0.4, 0.5) is 5.69 Å². The highest BCUT2D eigenvalue weighted by atomic mass is 16.2. The van der Waals surface area contributed by atoms with E-state index >= 15 is 0 Å². The molecule has 0 spiro atoms. The lowest BCUT2D eigenvalue weighted by atomic mass is 10.1. The van der Waals surface area contributed by atoms with E-state index in [9.17, 15) is 4.79 Å². The van der Waals surface area contributed by atoms with Gasteiger partial charge >= 0.3 is 0 Å². The Kier molecular flexibility index (Phi) is 3.45. The molecule has 1 aromatic carbocycles. The topological polar surface area (TPSA) is 60.1 Å². The number of nitrogens with two attached hydrogens (primary N) is 1. The Morgan fingerprint density at radius 2 is 2.00 bits per heavy atom. The average Bonchev–Trinajstić information content (AvgIpc) is 3.22. The molecule has 1 heterocycles. The van der Waals surface area contributed by atoms with Crippen molar-refractivity contribution < 1.29 is 4.79 Å². The van der Waals surface area contributed by atoms with Crippen molar-refractivity contribution in [3.63, 3.8) is 0 Å². The van der Waals surface area contributed by atoms with Crippen molar-refractivity contribution in [2.45, 2.75) is 38.8 Å². The molecule has 1 aromatic heterocycles. The third-order valence-electron chi connectivity index (χ3n) is 3.97. The van der Waals surface area contributed by atoms with E-state index < -0.39 is 0 Å². The fraction of sp³-hybridized carbons (Fsp3) is 0.353. The summed E-state index contributed by atoms with van der Waals surface area (Å²) in [6, 6.07) is 10.4. The predicted octanol–water partition coefficient (Wildman–Crippen LogP) is 3.20. The first-order valence-corrected chi connectivity index (χ1v) is 7.39. The quantitative estimate of drug-likeness (QED) is 0.905. The summed E-state index contributed by atoms with van der Waals surface area (Å²) in [5.74, 6) is -0.0633. The maximum Gasteiger partial charge on any atom is 0.268 e. The van der Waals surface area contributed by atoms with Crippen molar-refractivity contribution in [3.8, 4) is 0 Å². The molecule has 2 aromatic rings. The van der Waals surface area contributed by atoms with Gasteiger partial charge in [-0.05, 0) is 38.3 Å².